The highest BCUT2D eigenvalue weighted by molar-refractivity contribution is 7.10. The van der Waals surface area contributed by atoms with Crippen LogP contribution >= 0.6 is 11.3 Å². The maximum Gasteiger partial charge on any atom is 0.0959 e. The third-order valence-electron chi connectivity index (χ3n) is 2.16. The molecule has 0 fully saturated rings. The number of fused-ring (bicyclic) bond motifs is 1. The van der Waals surface area contributed by atoms with Gasteiger partial charge in [0.25, 0.3) is 0 Å². The lowest BCUT2D eigenvalue weighted by molar-refractivity contribution is 0.0451. The summed E-state index contributed by atoms with van der Waals surface area (Å²) in [6, 6.07) is 2.18. The lowest BCUT2D eigenvalue weighted by Gasteiger charge is -2.22. The van der Waals surface area contributed by atoms with Gasteiger partial charge in [0.05, 0.1) is 12.7 Å². The molecule has 3 heteroatoms. The minimum atomic E-state index is 0.282. The molecule has 2 nitrogen and oxygen atoms in total. The van der Waals surface area contributed by atoms with E-state index in [1.165, 1.54) is 10.4 Å². The number of nitrogens with one attached hydrogen (secondary N) is 1. The predicted molar refractivity (Wildman–Crippen MR) is 50.6 cm³/mol. The zero-order valence-electron chi connectivity index (χ0n) is 7.17. The summed E-state index contributed by atoms with van der Waals surface area (Å²) in [6.07, 6.45) is 1.37. The average molecular weight is 183 g/mol. The van der Waals surface area contributed by atoms with Crippen molar-refractivity contribution in [3.63, 3.8) is 0 Å². The highest BCUT2D eigenvalue weighted by atomic mass is 32.1. The van der Waals surface area contributed by atoms with E-state index in [1.54, 1.807) is 0 Å². The van der Waals surface area contributed by atoms with E-state index in [-0.39, 0.29) is 6.10 Å². The maximum absolute atomic E-state index is 5.65. The Bertz CT molecular complexity index is 259. The van der Waals surface area contributed by atoms with Crippen LogP contribution in [-0.2, 0) is 11.2 Å². The van der Waals surface area contributed by atoms with E-state index in [0.29, 0.717) is 0 Å². The van der Waals surface area contributed by atoms with Crippen molar-refractivity contribution < 1.29 is 4.74 Å². The number of hydrogen-bond donors (Lipinski definition) is 1. The fourth-order valence-corrected chi connectivity index (χ4v) is 2.49. The van der Waals surface area contributed by atoms with Crippen molar-refractivity contribution in [2.75, 3.05) is 20.2 Å². The van der Waals surface area contributed by atoms with Gasteiger partial charge in [0.1, 0.15) is 0 Å². The molecule has 1 unspecified atom stereocenters. The zero-order valence-corrected chi connectivity index (χ0v) is 7.99. The van der Waals surface area contributed by atoms with Crippen LogP contribution in [0.1, 0.15) is 16.5 Å². The van der Waals surface area contributed by atoms with Crippen molar-refractivity contribution in [3.8, 4) is 0 Å². The Balaban J connectivity index is 2.19. The Morgan fingerprint density at radius 2 is 2.67 bits per heavy atom. The van der Waals surface area contributed by atoms with E-state index in [0.717, 1.165) is 19.6 Å². The summed E-state index contributed by atoms with van der Waals surface area (Å²) >= 11 is 1.85. The van der Waals surface area contributed by atoms with Crippen LogP contribution in [0, 0.1) is 0 Å². The van der Waals surface area contributed by atoms with Crippen molar-refractivity contribution >= 4 is 11.3 Å². The van der Waals surface area contributed by atoms with Crippen molar-refractivity contribution in [2.24, 2.45) is 0 Å². The van der Waals surface area contributed by atoms with E-state index < -0.39 is 0 Å². The smallest absolute Gasteiger partial charge is 0.0959 e. The SMILES string of the molecule is CNCC1OCCc2sccc21. The van der Waals surface area contributed by atoms with Crippen LogP contribution in [-0.4, -0.2) is 20.2 Å². The lowest BCUT2D eigenvalue weighted by atomic mass is 10.1. The van der Waals surface area contributed by atoms with Crippen LogP contribution in [0.5, 0.6) is 0 Å². The van der Waals surface area contributed by atoms with Crippen molar-refractivity contribution in [2.45, 2.75) is 12.5 Å². The van der Waals surface area contributed by atoms with Crippen LogP contribution in [0.25, 0.3) is 0 Å². The van der Waals surface area contributed by atoms with Crippen LogP contribution in [0.15, 0.2) is 11.4 Å². The van der Waals surface area contributed by atoms with Gasteiger partial charge < -0.3 is 10.1 Å². The molecule has 0 aliphatic carbocycles. The molecule has 0 saturated carbocycles. The highest BCUT2D eigenvalue weighted by Crippen LogP contribution is 2.30. The zero-order chi connectivity index (χ0) is 8.39. The number of likely N-dealkylation sites (N-methyl/N-ethyl adjacent to an activating group) is 1. The van der Waals surface area contributed by atoms with E-state index >= 15 is 0 Å². The van der Waals surface area contributed by atoms with E-state index in [9.17, 15) is 0 Å². The molecule has 1 aliphatic heterocycles. The Labute approximate surface area is 76.6 Å². The number of ether oxygens (including phenoxy) is 1. The van der Waals surface area contributed by atoms with E-state index in [4.69, 9.17) is 4.74 Å². The molecule has 0 spiro atoms. The monoisotopic (exact) mass is 183 g/mol. The Kier molecular flexibility index (Phi) is 2.44. The second kappa shape index (κ2) is 3.56. The third-order valence-corrected chi connectivity index (χ3v) is 3.16. The Morgan fingerprint density at radius 3 is 3.50 bits per heavy atom. The minimum absolute atomic E-state index is 0.282. The molecule has 0 radical (unpaired) electrons. The maximum atomic E-state index is 5.65. The van der Waals surface area contributed by atoms with Crippen molar-refractivity contribution in [3.05, 3.63) is 21.9 Å². The van der Waals surface area contributed by atoms with Gasteiger partial charge in [-0.25, -0.2) is 0 Å². The molecule has 1 aromatic heterocycles. The van der Waals surface area contributed by atoms with Gasteiger partial charge >= 0.3 is 0 Å². The van der Waals surface area contributed by atoms with Crippen molar-refractivity contribution in [1.82, 2.24) is 5.32 Å². The molecule has 1 N–H and O–H groups in total. The van der Waals surface area contributed by atoms with Gasteiger partial charge in [-0.05, 0) is 24.1 Å². The second-order valence-electron chi connectivity index (χ2n) is 2.97. The molecule has 0 bridgehead atoms. The molecular formula is C9H13NOS. The largest absolute Gasteiger partial charge is 0.372 e. The van der Waals surface area contributed by atoms with E-state index in [1.807, 2.05) is 18.4 Å². The first-order valence-electron chi connectivity index (χ1n) is 4.24. The molecule has 66 valence electrons. The van der Waals surface area contributed by atoms with Gasteiger partial charge in [-0.15, -0.1) is 11.3 Å². The molecule has 12 heavy (non-hydrogen) atoms. The highest BCUT2D eigenvalue weighted by Gasteiger charge is 2.20. The van der Waals surface area contributed by atoms with Gasteiger partial charge in [-0.3, -0.25) is 0 Å². The summed E-state index contributed by atoms with van der Waals surface area (Å²) in [6.45, 7) is 1.80. The Hall–Kier alpha value is -0.380. The number of hydrogen-bond acceptors (Lipinski definition) is 3. The van der Waals surface area contributed by atoms with Crippen LogP contribution in [0.4, 0.5) is 0 Å². The first kappa shape index (κ1) is 8.23. The minimum Gasteiger partial charge on any atom is -0.372 e. The van der Waals surface area contributed by atoms with Crippen molar-refractivity contribution in [1.29, 1.82) is 0 Å². The quantitative estimate of drug-likeness (QED) is 0.751. The lowest BCUT2D eigenvalue weighted by Crippen LogP contribution is -2.24. The number of thiophene rings is 1. The molecular weight excluding hydrogens is 170 g/mol. The van der Waals surface area contributed by atoms with Gasteiger partial charge in [-0.2, -0.15) is 0 Å². The number of rotatable bonds is 2. The summed E-state index contributed by atoms with van der Waals surface area (Å²) in [5.41, 5.74) is 1.39. The second-order valence-corrected chi connectivity index (χ2v) is 3.97. The molecule has 2 rings (SSSR count). The molecule has 2 heterocycles. The van der Waals surface area contributed by atoms with Crippen LogP contribution in [0.3, 0.4) is 0 Å². The standard InChI is InChI=1S/C9H13NOS/c1-10-6-8-7-3-5-12-9(7)2-4-11-8/h3,5,8,10H,2,4,6H2,1H3. The van der Waals surface area contributed by atoms with Crippen LogP contribution < -0.4 is 5.32 Å². The average Bonchev–Trinajstić information content (AvgIpc) is 2.53. The summed E-state index contributed by atoms with van der Waals surface area (Å²) in [7, 11) is 1.96. The van der Waals surface area contributed by atoms with Gasteiger partial charge in [0.15, 0.2) is 0 Å². The van der Waals surface area contributed by atoms with Gasteiger partial charge in [-0.1, -0.05) is 0 Å². The summed E-state index contributed by atoms with van der Waals surface area (Å²) < 4.78 is 5.65. The summed E-state index contributed by atoms with van der Waals surface area (Å²) in [4.78, 5) is 1.50. The Morgan fingerprint density at radius 1 is 1.75 bits per heavy atom. The topological polar surface area (TPSA) is 21.3 Å². The molecule has 1 aliphatic rings. The van der Waals surface area contributed by atoms with Gasteiger partial charge in [0.2, 0.25) is 0 Å². The molecule has 1 atom stereocenters. The normalized spacial score (nSPS) is 22.2. The molecule has 1 aromatic rings. The molecule has 0 saturated heterocycles. The van der Waals surface area contributed by atoms with E-state index in [2.05, 4.69) is 16.8 Å². The first-order chi connectivity index (χ1) is 5.92. The van der Waals surface area contributed by atoms with Gasteiger partial charge in [0, 0.05) is 17.8 Å². The third kappa shape index (κ3) is 1.40. The summed E-state index contributed by atoms with van der Waals surface area (Å²) in [5.74, 6) is 0. The first-order valence-corrected chi connectivity index (χ1v) is 5.12. The van der Waals surface area contributed by atoms with Crippen LogP contribution in [0.2, 0.25) is 0 Å². The fourth-order valence-electron chi connectivity index (χ4n) is 1.58. The predicted octanol–water partition coefficient (Wildman–Crippen LogP) is 1.58. The molecule has 0 aromatic carbocycles. The fraction of sp³-hybridized carbons (Fsp3) is 0.556. The molecule has 0 amide bonds. The summed E-state index contributed by atoms with van der Waals surface area (Å²) in [5, 5.41) is 5.30.